The molecular weight excluding hydrogens is 806 g/mol. The fourth-order valence-corrected chi connectivity index (χ4v) is 7.33. The highest BCUT2D eigenvalue weighted by molar-refractivity contribution is 7.47. The Labute approximate surface area is 377 Å². The Hall–Kier alpha value is -2.82. The molecule has 0 aliphatic carbocycles. The number of phosphoric ester groups is 1. The number of carbonyl (C=O) groups is 3. The molecule has 4 N–H and O–H groups in total. The minimum atomic E-state index is -4.73. The Bertz CT molecular complexity index is 1280. The van der Waals surface area contributed by atoms with E-state index in [1.807, 2.05) is 36.5 Å². The van der Waals surface area contributed by atoms with E-state index in [1.165, 1.54) is 109 Å². The second-order valence-electron chi connectivity index (χ2n) is 16.3. The van der Waals surface area contributed by atoms with Gasteiger partial charge in [-0.15, -0.1) is 0 Å². The summed E-state index contributed by atoms with van der Waals surface area (Å²) in [6, 6.07) is -1.53. The molecule has 0 saturated heterocycles. The van der Waals surface area contributed by atoms with Crippen molar-refractivity contribution in [2.45, 2.75) is 219 Å². The third-order valence-corrected chi connectivity index (χ3v) is 11.3. The van der Waals surface area contributed by atoms with Crippen LogP contribution in [0.1, 0.15) is 206 Å². The molecule has 358 valence electrons. The van der Waals surface area contributed by atoms with E-state index in [9.17, 15) is 23.8 Å². The van der Waals surface area contributed by atoms with Crippen molar-refractivity contribution in [2.75, 3.05) is 19.8 Å². The fourth-order valence-electron chi connectivity index (χ4n) is 6.55. The Morgan fingerprint density at radius 2 is 0.935 bits per heavy atom. The van der Waals surface area contributed by atoms with Crippen LogP contribution in [0.15, 0.2) is 60.8 Å². The number of esters is 2. The van der Waals surface area contributed by atoms with Gasteiger partial charge in [0.05, 0.1) is 13.2 Å². The maximum absolute atomic E-state index is 12.7. The van der Waals surface area contributed by atoms with Crippen LogP contribution in [0.3, 0.4) is 0 Å². The minimum Gasteiger partial charge on any atom is -0.480 e. The summed E-state index contributed by atoms with van der Waals surface area (Å²) >= 11 is 0. The van der Waals surface area contributed by atoms with Gasteiger partial charge in [-0.3, -0.25) is 23.4 Å². The summed E-state index contributed by atoms with van der Waals surface area (Å²) < 4.78 is 32.7. The normalized spacial score (nSPS) is 14.1. The van der Waals surface area contributed by atoms with Crippen molar-refractivity contribution in [3.63, 3.8) is 0 Å². The molecule has 1 unspecified atom stereocenters. The summed E-state index contributed by atoms with van der Waals surface area (Å²) in [5.74, 6) is -2.45. The first kappa shape index (κ1) is 59.2. The molecule has 0 aromatic carbocycles. The third-order valence-electron chi connectivity index (χ3n) is 10.3. The molecule has 12 heteroatoms. The minimum absolute atomic E-state index is 0.107. The third kappa shape index (κ3) is 43.8. The zero-order chi connectivity index (χ0) is 45.6. The summed E-state index contributed by atoms with van der Waals surface area (Å²) in [6.45, 7) is 2.63. The van der Waals surface area contributed by atoms with Crippen LogP contribution in [0, 0.1) is 0 Å². The molecule has 0 heterocycles. The lowest BCUT2D eigenvalue weighted by Gasteiger charge is -2.20. The molecule has 0 aliphatic rings. The average Bonchev–Trinajstić information content (AvgIpc) is 3.25. The number of phosphoric acid groups is 1. The lowest BCUT2D eigenvalue weighted by molar-refractivity contribution is -0.161. The topological polar surface area (TPSA) is 172 Å². The molecule has 0 aromatic rings. The number of carboxylic acid groups (broad SMARTS) is 1. The van der Waals surface area contributed by atoms with E-state index >= 15 is 0 Å². The number of hydrogen-bond donors (Lipinski definition) is 3. The maximum Gasteiger partial charge on any atom is 0.472 e. The average molecular weight is 894 g/mol. The van der Waals surface area contributed by atoms with E-state index in [4.69, 9.17) is 24.8 Å². The van der Waals surface area contributed by atoms with Gasteiger partial charge in [0.2, 0.25) is 0 Å². The summed E-state index contributed by atoms with van der Waals surface area (Å²) in [4.78, 5) is 46.1. The molecule has 0 spiro atoms. The number of hydrogen-bond acceptors (Lipinski definition) is 9. The van der Waals surface area contributed by atoms with Gasteiger partial charge >= 0.3 is 25.7 Å². The molecule has 0 aromatic heterocycles. The SMILES string of the molecule is CC/C=C/C=C/C=C/C=C/CCCCCCCC(=O)OC[C@@H](COP(=O)(O)OC[C@H](N)C(=O)O)OC(=O)CCC/C=C/CCCCCCCCCCCCCCCCCCCC. The van der Waals surface area contributed by atoms with Crippen LogP contribution in [-0.2, 0) is 37.5 Å². The largest absolute Gasteiger partial charge is 0.480 e. The summed E-state index contributed by atoms with van der Waals surface area (Å²) in [6.07, 6.45) is 53.0. The number of rotatable bonds is 45. The first-order chi connectivity index (χ1) is 30.1. The van der Waals surface area contributed by atoms with E-state index in [2.05, 4.69) is 42.7 Å². The smallest absolute Gasteiger partial charge is 0.472 e. The van der Waals surface area contributed by atoms with E-state index < -0.39 is 51.1 Å². The second-order valence-corrected chi connectivity index (χ2v) is 17.8. The van der Waals surface area contributed by atoms with Gasteiger partial charge in [-0.05, 0) is 51.4 Å². The van der Waals surface area contributed by atoms with Crippen molar-refractivity contribution in [1.82, 2.24) is 0 Å². The summed E-state index contributed by atoms with van der Waals surface area (Å²) in [5, 5.41) is 8.91. The molecule has 62 heavy (non-hydrogen) atoms. The van der Waals surface area contributed by atoms with E-state index in [0.29, 0.717) is 19.3 Å². The van der Waals surface area contributed by atoms with Gasteiger partial charge in [0.15, 0.2) is 6.10 Å². The fraction of sp³-hybridized carbons (Fsp3) is 0.740. The van der Waals surface area contributed by atoms with E-state index in [0.717, 1.165) is 51.4 Å². The highest BCUT2D eigenvalue weighted by Gasteiger charge is 2.28. The molecule has 0 bridgehead atoms. The van der Waals surface area contributed by atoms with Gasteiger partial charge in [-0.25, -0.2) is 4.57 Å². The van der Waals surface area contributed by atoms with Crippen molar-refractivity contribution in [1.29, 1.82) is 0 Å². The van der Waals surface area contributed by atoms with Crippen LogP contribution in [0.5, 0.6) is 0 Å². The Kier molecular flexibility index (Phi) is 42.7. The molecule has 3 atom stereocenters. The van der Waals surface area contributed by atoms with E-state index in [1.54, 1.807) is 0 Å². The van der Waals surface area contributed by atoms with Crippen LogP contribution in [0.25, 0.3) is 0 Å². The molecular formula is C50H88NO10P. The number of carboxylic acids is 1. The standard InChI is InChI=1S/C50H88NO10P/c1-3-5-7-9-11-13-15-17-19-20-21-22-23-24-25-26-28-30-32-34-36-38-40-42-49(53)61-46(44-59-62(56,57)60-45-47(51)50(54)55)43-58-48(52)41-39-37-35-33-31-29-27-18-16-14-12-10-8-6-4-2/h6,8,10,12,14,16,18,27,34,36,46-47H,3-5,7,9,11,13,15,17,19-26,28-33,35,37-45,51H2,1-2H3,(H,54,55)(H,56,57)/b8-6+,12-10+,16-14+,27-18+,36-34+/t46-,47-/m0/s1. The Balaban J connectivity index is 4.30. The van der Waals surface area contributed by atoms with Crippen molar-refractivity contribution in [3.05, 3.63) is 60.8 Å². The maximum atomic E-state index is 12.7. The molecule has 0 radical (unpaired) electrons. The van der Waals surface area contributed by atoms with Crippen LogP contribution in [0.2, 0.25) is 0 Å². The first-order valence-electron chi connectivity index (χ1n) is 24.4. The number of allylic oxidation sites excluding steroid dienone is 10. The van der Waals surface area contributed by atoms with Gasteiger partial charge in [0.1, 0.15) is 12.6 Å². The van der Waals surface area contributed by atoms with Crippen molar-refractivity contribution < 1.29 is 47.5 Å². The van der Waals surface area contributed by atoms with E-state index in [-0.39, 0.29) is 19.4 Å². The molecule has 0 aliphatic heterocycles. The van der Waals surface area contributed by atoms with Crippen molar-refractivity contribution >= 4 is 25.7 Å². The van der Waals surface area contributed by atoms with Crippen LogP contribution < -0.4 is 5.73 Å². The number of ether oxygens (including phenoxy) is 2. The van der Waals surface area contributed by atoms with Gasteiger partial charge in [-0.2, -0.15) is 0 Å². The Morgan fingerprint density at radius 3 is 1.45 bits per heavy atom. The van der Waals surface area contributed by atoms with Gasteiger partial charge in [-0.1, -0.05) is 203 Å². The highest BCUT2D eigenvalue weighted by Crippen LogP contribution is 2.43. The predicted molar refractivity (Wildman–Crippen MR) is 254 cm³/mol. The van der Waals surface area contributed by atoms with Crippen LogP contribution in [-0.4, -0.2) is 59.9 Å². The predicted octanol–water partition coefficient (Wildman–Crippen LogP) is 13.5. The van der Waals surface area contributed by atoms with Crippen molar-refractivity contribution in [3.8, 4) is 0 Å². The molecule has 0 saturated carbocycles. The zero-order valence-electron chi connectivity index (χ0n) is 38.9. The zero-order valence-corrected chi connectivity index (χ0v) is 39.8. The molecule has 11 nitrogen and oxygen atoms in total. The number of unbranched alkanes of at least 4 members (excludes halogenated alkanes) is 24. The molecule has 0 amide bonds. The van der Waals surface area contributed by atoms with Gasteiger partial charge in [0.25, 0.3) is 0 Å². The molecule has 0 rings (SSSR count). The monoisotopic (exact) mass is 894 g/mol. The molecule has 0 fully saturated rings. The summed E-state index contributed by atoms with van der Waals surface area (Å²) in [5.41, 5.74) is 5.34. The van der Waals surface area contributed by atoms with Crippen LogP contribution in [0.4, 0.5) is 0 Å². The number of nitrogens with two attached hydrogens (primary N) is 1. The number of aliphatic carboxylic acids is 1. The van der Waals surface area contributed by atoms with Gasteiger partial charge < -0.3 is 25.2 Å². The summed E-state index contributed by atoms with van der Waals surface area (Å²) in [7, 11) is -4.73. The second kappa shape index (κ2) is 44.8. The first-order valence-corrected chi connectivity index (χ1v) is 25.9. The highest BCUT2D eigenvalue weighted by atomic mass is 31.2. The lowest BCUT2D eigenvalue weighted by atomic mass is 10.0. The number of carbonyl (C=O) groups excluding carboxylic acids is 2. The van der Waals surface area contributed by atoms with Crippen molar-refractivity contribution in [2.24, 2.45) is 5.73 Å². The Morgan fingerprint density at radius 1 is 0.516 bits per heavy atom. The van der Waals surface area contributed by atoms with Crippen LogP contribution >= 0.6 is 7.82 Å². The van der Waals surface area contributed by atoms with Gasteiger partial charge in [0, 0.05) is 12.8 Å². The quantitative estimate of drug-likeness (QED) is 0.0175. The lowest BCUT2D eigenvalue weighted by Crippen LogP contribution is -2.34.